The third-order valence-electron chi connectivity index (χ3n) is 4.55. The highest BCUT2D eigenvalue weighted by Crippen LogP contribution is 2.38. The van der Waals surface area contributed by atoms with Crippen LogP contribution in [0.2, 0.25) is 0 Å². The smallest absolute Gasteiger partial charge is 0.316 e. The van der Waals surface area contributed by atoms with Crippen molar-refractivity contribution in [2.75, 3.05) is 20.3 Å². The van der Waals surface area contributed by atoms with Crippen LogP contribution in [0.3, 0.4) is 0 Å². The van der Waals surface area contributed by atoms with E-state index >= 15 is 0 Å². The number of carbonyl (C=O) groups is 2. The largest absolute Gasteiger partial charge is 0.496 e. The van der Waals surface area contributed by atoms with E-state index < -0.39 is 23.3 Å². The van der Waals surface area contributed by atoms with Crippen LogP contribution in [0.25, 0.3) is 0 Å². The van der Waals surface area contributed by atoms with Gasteiger partial charge < -0.3 is 19.9 Å². The summed E-state index contributed by atoms with van der Waals surface area (Å²) in [5, 5.41) is 12.4. The summed E-state index contributed by atoms with van der Waals surface area (Å²) in [4.78, 5) is 24.2. The van der Waals surface area contributed by atoms with Gasteiger partial charge in [0, 0.05) is 18.8 Å². The molecule has 1 saturated heterocycles. The van der Waals surface area contributed by atoms with Crippen LogP contribution in [0.4, 0.5) is 0 Å². The second kappa shape index (κ2) is 7.66. The second-order valence-electron chi connectivity index (χ2n) is 6.44. The number of benzene rings is 1. The third kappa shape index (κ3) is 3.70. The summed E-state index contributed by atoms with van der Waals surface area (Å²) in [6.07, 6.45) is 1.15. The molecule has 1 fully saturated rings. The van der Waals surface area contributed by atoms with Crippen LogP contribution in [0.1, 0.15) is 32.3 Å². The van der Waals surface area contributed by atoms with Crippen LogP contribution in [0.5, 0.6) is 5.75 Å². The number of methoxy groups -OCH3 is 1. The Morgan fingerprint density at radius 2 is 1.88 bits per heavy atom. The number of carboxylic acids is 1. The molecule has 1 aliphatic rings. The monoisotopic (exact) mass is 335 g/mol. The minimum atomic E-state index is -1.11. The lowest BCUT2D eigenvalue weighted by Gasteiger charge is -2.40. The molecule has 24 heavy (non-hydrogen) atoms. The zero-order chi connectivity index (χ0) is 17.7. The number of nitrogens with one attached hydrogen (secondary N) is 1. The summed E-state index contributed by atoms with van der Waals surface area (Å²) < 4.78 is 10.9. The molecule has 0 aromatic heterocycles. The molecule has 6 nitrogen and oxygen atoms in total. The number of amides is 1. The fraction of sp³-hybridized carbons (Fsp3) is 0.556. The van der Waals surface area contributed by atoms with Crippen molar-refractivity contribution in [3.05, 3.63) is 29.8 Å². The van der Waals surface area contributed by atoms with Gasteiger partial charge in [0.15, 0.2) is 0 Å². The Hall–Kier alpha value is -2.08. The van der Waals surface area contributed by atoms with Crippen molar-refractivity contribution in [2.24, 2.45) is 11.8 Å². The van der Waals surface area contributed by atoms with Crippen LogP contribution < -0.4 is 10.1 Å². The van der Waals surface area contributed by atoms with Crippen molar-refractivity contribution in [1.29, 1.82) is 0 Å². The molecule has 0 bridgehead atoms. The number of hydrogen-bond acceptors (Lipinski definition) is 4. The maximum absolute atomic E-state index is 12.7. The molecule has 0 radical (unpaired) electrons. The molecule has 1 unspecified atom stereocenters. The lowest BCUT2D eigenvalue weighted by atomic mass is 9.81. The highest BCUT2D eigenvalue weighted by Gasteiger charge is 2.41. The van der Waals surface area contributed by atoms with Crippen molar-refractivity contribution in [3.8, 4) is 5.75 Å². The van der Waals surface area contributed by atoms with Gasteiger partial charge in [-0.2, -0.15) is 0 Å². The van der Waals surface area contributed by atoms with Crippen molar-refractivity contribution >= 4 is 11.9 Å². The minimum absolute atomic E-state index is 0.294. The molecule has 1 atom stereocenters. The molecule has 6 heteroatoms. The van der Waals surface area contributed by atoms with E-state index in [1.165, 1.54) is 0 Å². The molecule has 0 aliphatic carbocycles. The number of rotatable bonds is 6. The summed E-state index contributed by atoms with van der Waals surface area (Å²) in [6, 6.07) is 7.51. The molecular weight excluding hydrogens is 310 g/mol. The van der Waals surface area contributed by atoms with Crippen LogP contribution in [-0.2, 0) is 19.9 Å². The van der Waals surface area contributed by atoms with Crippen LogP contribution in [0.15, 0.2) is 24.3 Å². The average molecular weight is 335 g/mol. The zero-order valence-corrected chi connectivity index (χ0v) is 14.4. The Labute approximate surface area is 142 Å². The van der Waals surface area contributed by atoms with Gasteiger partial charge >= 0.3 is 5.97 Å². The first-order chi connectivity index (χ1) is 11.4. The van der Waals surface area contributed by atoms with E-state index in [4.69, 9.17) is 9.47 Å². The van der Waals surface area contributed by atoms with E-state index in [0.29, 0.717) is 31.8 Å². The fourth-order valence-corrected chi connectivity index (χ4v) is 3.24. The van der Waals surface area contributed by atoms with E-state index in [9.17, 15) is 14.7 Å². The molecule has 2 N–H and O–H groups in total. The summed E-state index contributed by atoms with van der Waals surface area (Å²) in [6.45, 7) is 4.46. The number of carboxylic acid groups (broad SMARTS) is 1. The Kier molecular flexibility index (Phi) is 5.83. The van der Waals surface area contributed by atoms with Gasteiger partial charge in [-0.1, -0.05) is 32.0 Å². The molecule has 1 aliphatic heterocycles. The van der Waals surface area contributed by atoms with E-state index in [-0.39, 0.29) is 5.92 Å². The standard InChI is InChI=1S/C18H25NO5/c1-12(2)15(17(21)22)16(20)19-18(8-10-24-11-9-18)13-6-4-5-7-14(13)23-3/h4-7,12,15H,8-11H2,1-3H3,(H,19,20)(H,21,22). The Bertz CT molecular complexity index is 593. The Morgan fingerprint density at radius 1 is 1.25 bits per heavy atom. The topological polar surface area (TPSA) is 84.9 Å². The van der Waals surface area contributed by atoms with Gasteiger partial charge in [-0.3, -0.25) is 9.59 Å². The Balaban J connectivity index is 2.38. The number of aliphatic carboxylic acids is 1. The molecule has 1 aromatic carbocycles. The lowest BCUT2D eigenvalue weighted by Crippen LogP contribution is -2.53. The maximum atomic E-state index is 12.7. The SMILES string of the molecule is COc1ccccc1C1(NC(=O)C(C(=O)O)C(C)C)CCOCC1. The molecule has 1 amide bonds. The van der Waals surface area contributed by atoms with Crippen LogP contribution in [-0.4, -0.2) is 37.3 Å². The Morgan fingerprint density at radius 3 is 2.42 bits per heavy atom. The molecule has 1 heterocycles. The van der Waals surface area contributed by atoms with E-state index in [2.05, 4.69) is 5.32 Å². The predicted octanol–water partition coefficient (Wildman–Crippen LogP) is 2.17. The number of hydrogen-bond donors (Lipinski definition) is 2. The van der Waals surface area contributed by atoms with Crippen molar-refractivity contribution in [3.63, 3.8) is 0 Å². The van der Waals surface area contributed by atoms with Crippen LogP contribution in [0, 0.1) is 11.8 Å². The summed E-state index contributed by atoms with van der Waals surface area (Å²) >= 11 is 0. The third-order valence-corrected chi connectivity index (χ3v) is 4.55. The quantitative estimate of drug-likeness (QED) is 0.778. The van der Waals surface area contributed by atoms with Crippen molar-refractivity contribution < 1.29 is 24.2 Å². The molecule has 1 aromatic rings. The van der Waals surface area contributed by atoms with Gasteiger partial charge in [-0.15, -0.1) is 0 Å². The highest BCUT2D eigenvalue weighted by atomic mass is 16.5. The van der Waals surface area contributed by atoms with Gasteiger partial charge in [0.1, 0.15) is 11.7 Å². The maximum Gasteiger partial charge on any atom is 0.316 e. The first kappa shape index (κ1) is 18.3. The highest BCUT2D eigenvalue weighted by molar-refractivity contribution is 5.97. The van der Waals surface area contributed by atoms with Crippen molar-refractivity contribution in [2.45, 2.75) is 32.2 Å². The number of para-hydroxylation sites is 1. The van der Waals surface area contributed by atoms with Gasteiger partial charge in [0.2, 0.25) is 5.91 Å². The molecule has 0 saturated carbocycles. The molecular formula is C18H25NO5. The van der Waals surface area contributed by atoms with Gasteiger partial charge in [0.25, 0.3) is 0 Å². The summed E-state index contributed by atoms with van der Waals surface area (Å²) in [5.74, 6) is -2.28. The number of carbonyl (C=O) groups excluding carboxylic acids is 1. The first-order valence-electron chi connectivity index (χ1n) is 8.17. The molecule has 0 spiro atoms. The summed E-state index contributed by atoms with van der Waals surface area (Å²) in [7, 11) is 1.59. The fourth-order valence-electron chi connectivity index (χ4n) is 3.24. The van der Waals surface area contributed by atoms with Gasteiger partial charge in [0.05, 0.1) is 12.6 Å². The minimum Gasteiger partial charge on any atom is -0.496 e. The molecule has 2 rings (SSSR count). The van der Waals surface area contributed by atoms with E-state index in [1.54, 1.807) is 21.0 Å². The zero-order valence-electron chi connectivity index (χ0n) is 14.4. The van der Waals surface area contributed by atoms with E-state index in [0.717, 1.165) is 5.56 Å². The van der Waals surface area contributed by atoms with Gasteiger partial charge in [-0.25, -0.2) is 0 Å². The predicted molar refractivity (Wildman–Crippen MR) is 88.8 cm³/mol. The number of ether oxygens (including phenoxy) is 2. The average Bonchev–Trinajstić information content (AvgIpc) is 2.54. The van der Waals surface area contributed by atoms with Crippen molar-refractivity contribution in [1.82, 2.24) is 5.32 Å². The first-order valence-corrected chi connectivity index (χ1v) is 8.17. The normalized spacial score (nSPS) is 18.0. The molecule has 132 valence electrons. The summed E-state index contributed by atoms with van der Waals surface area (Å²) in [5.41, 5.74) is 0.182. The lowest BCUT2D eigenvalue weighted by molar-refractivity contribution is -0.150. The van der Waals surface area contributed by atoms with E-state index in [1.807, 2.05) is 24.3 Å². The van der Waals surface area contributed by atoms with Crippen LogP contribution >= 0.6 is 0 Å². The van der Waals surface area contributed by atoms with Gasteiger partial charge in [-0.05, 0) is 24.8 Å². The second-order valence-corrected chi connectivity index (χ2v) is 6.44.